The van der Waals surface area contributed by atoms with Crippen LogP contribution in [0.5, 0.6) is 0 Å². The molecule has 3 rings (SSSR count). The second-order valence-electron chi connectivity index (χ2n) is 7.41. The lowest BCUT2D eigenvalue weighted by molar-refractivity contribution is -0.121. The van der Waals surface area contributed by atoms with Crippen molar-refractivity contribution in [1.82, 2.24) is 10.3 Å². The van der Waals surface area contributed by atoms with Crippen LogP contribution >= 0.6 is 0 Å². The Labute approximate surface area is 160 Å². The van der Waals surface area contributed by atoms with Gasteiger partial charge in [-0.1, -0.05) is 41.5 Å². The third-order valence-corrected chi connectivity index (χ3v) is 5.04. The molecule has 0 bridgehead atoms. The molecule has 0 spiro atoms. The van der Waals surface area contributed by atoms with E-state index in [-0.39, 0.29) is 18.4 Å². The first-order chi connectivity index (χ1) is 13.0. The summed E-state index contributed by atoms with van der Waals surface area (Å²) >= 11 is 0. The van der Waals surface area contributed by atoms with Gasteiger partial charge in [0.05, 0.1) is 0 Å². The Kier molecular flexibility index (Phi) is 6.30. The quantitative estimate of drug-likeness (QED) is 0.571. The molecule has 1 heterocycles. The predicted octanol–water partition coefficient (Wildman–Crippen LogP) is 3.68. The van der Waals surface area contributed by atoms with Crippen LogP contribution in [0.1, 0.15) is 28.7 Å². The van der Waals surface area contributed by atoms with Gasteiger partial charge >= 0.3 is 0 Å². The highest BCUT2D eigenvalue weighted by Crippen LogP contribution is 2.20. The molecule has 3 N–H and O–H groups in total. The number of hydrogen-bond donors (Lipinski definition) is 3. The number of aromatic amines is 1. The van der Waals surface area contributed by atoms with E-state index in [9.17, 15) is 9.90 Å². The molecule has 0 fully saturated rings. The van der Waals surface area contributed by atoms with Gasteiger partial charge in [-0.3, -0.25) is 4.79 Å². The second kappa shape index (κ2) is 8.87. The van der Waals surface area contributed by atoms with Gasteiger partial charge in [-0.2, -0.15) is 0 Å². The molecule has 0 saturated heterocycles. The van der Waals surface area contributed by atoms with Gasteiger partial charge in [-0.15, -0.1) is 0 Å². The van der Waals surface area contributed by atoms with Gasteiger partial charge in [-0.05, 0) is 49.9 Å². The fourth-order valence-corrected chi connectivity index (χ4v) is 3.35. The Hall–Kier alpha value is -2.59. The molecule has 0 aliphatic carbocycles. The van der Waals surface area contributed by atoms with Crippen molar-refractivity contribution >= 4 is 16.8 Å². The minimum absolute atomic E-state index is 0.0272. The summed E-state index contributed by atoms with van der Waals surface area (Å²) < 4.78 is 0. The van der Waals surface area contributed by atoms with Crippen molar-refractivity contribution in [2.24, 2.45) is 5.92 Å². The van der Waals surface area contributed by atoms with Crippen LogP contribution in [0.15, 0.2) is 48.7 Å². The van der Waals surface area contributed by atoms with Crippen LogP contribution in [-0.4, -0.2) is 29.1 Å². The first-order valence-corrected chi connectivity index (χ1v) is 9.55. The molecule has 1 atom stereocenters. The van der Waals surface area contributed by atoms with Gasteiger partial charge in [0.2, 0.25) is 5.91 Å². The number of rotatable bonds is 8. The highest BCUT2D eigenvalue weighted by molar-refractivity contribution is 5.84. The van der Waals surface area contributed by atoms with E-state index in [0.717, 1.165) is 11.9 Å². The molecule has 0 radical (unpaired) electrons. The molecule has 4 heteroatoms. The summed E-state index contributed by atoms with van der Waals surface area (Å²) in [6, 6.07) is 14.6. The van der Waals surface area contributed by atoms with Crippen molar-refractivity contribution < 1.29 is 9.90 Å². The first-order valence-electron chi connectivity index (χ1n) is 9.55. The molecular formula is C23H28N2O2. The van der Waals surface area contributed by atoms with E-state index >= 15 is 0 Å². The van der Waals surface area contributed by atoms with Crippen molar-refractivity contribution in [3.8, 4) is 0 Å². The van der Waals surface area contributed by atoms with Crippen molar-refractivity contribution in [3.63, 3.8) is 0 Å². The molecular weight excluding hydrogens is 336 g/mol. The zero-order valence-corrected chi connectivity index (χ0v) is 16.1. The van der Waals surface area contributed by atoms with Crippen molar-refractivity contribution in [1.29, 1.82) is 0 Å². The lowest BCUT2D eigenvalue weighted by atomic mass is 9.99. The number of nitrogens with one attached hydrogen (secondary N) is 2. The zero-order valence-electron chi connectivity index (χ0n) is 16.1. The average molecular weight is 364 g/mol. The topological polar surface area (TPSA) is 65.1 Å². The van der Waals surface area contributed by atoms with Gasteiger partial charge in [0.25, 0.3) is 0 Å². The number of H-pyrrole nitrogens is 1. The number of carbonyl (C=O) groups is 1. The Bertz CT molecular complexity index is 896. The normalized spacial score (nSPS) is 12.3. The van der Waals surface area contributed by atoms with Crippen molar-refractivity contribution in [3.05, 3.63) is 70.9 Å². The molecule has 1 aromatic heterocycles. The average Bonchev–Trinajstić information content (AvgIpc) is 3.07. The third kappa shape index (κ3) is 5.20. The van der Waals surface area contributed by atoms with E-state index < -0.39 is 0 Å². The number of carbonyl (C=O) groups excluding carboxylic acids is 1. The fraction of sp³-hybridized carbons (Fsp3) is 0.348. The summed E-state index contributed by atoms with van der Waals surface area (Å²) in [4.78, 5) is 15.5. The number of aryl methyl sites for hydroxylation is 3. The van der Waals surface area contributed by atoms with Gasteiger partial charge in [-0.25, -0.2) is 0 Å². The zero-order chi connectivity index (χ0) is 19.2. The van der Waals surface area contributed by atoms with Gasteiger partial charge in [0.1, 0.15) is 0 Å². The molecule has 142 valence electrons. The van der Waals surface area contributed by atoms with Crippen LogP contribution < -0.4 is 5.32 Å². The molecule has 27 heavy (non-hydrogen) atoms. The van der Waals surface area contributed by atoms with Crippen molar-refractivity contribution in [2.75, 3.05) is 13.2 Å². The molecule has 2 aromatic carbocycles. The maximum absolute atomic E-state index is 12.3. The summed E-state index contributed by atoms with van der Waals surface area (Å²) in [5.74, 6) is 0.0618. The minimum atomic E-state index is 0.0272. The van der Waals surface area contributed by atoms with Gasteiger partial charge < -0.3 is 15.4 Å². The van der Waals surface area contributed by atoms with Crippen LogP contribution in [0.3, 0.4) is 0 Å². The molecule has 0 saturated carbocycles. The Balaban J connectivity index is 1.49. The van der Waals surface area contributed by atoms with E-state index in [1.807, 2.05) is 6.20 Å². The summed E-state index contributed by atoms with van der Waals surface area (Å²) in [6.07, 6.45) is 3.91. The first kappa shape index (κ1) is 19.2. The smallest absolute Gasteiger partial charge is 0.220 e. The van der Waals surface area contributed by atoms with Crippen LogP contribution in [0.2, 0.25) is 0 Å². The summed E-state index contributed by atoms with van der Waals surface area (Å²) in [5.41, 5.74) is 5.90. The SMILES string of the molecule is Cc1ccc(C[C@@H](CO)CNC(=O)CCc2c[nH]c3ccc(C)cc23)cc1. The number of amides is 1. The predicted molar refractivity (Wildman–Crippen MR) is 110 cm³/mol. The van der Waals surface area contributed by atoms with Crippen LogP contribution in [0, 0.1) is 19.8 Å². The summed E-state index contributed by atoms with van der Waals surface area (Å²) in [7, 11) is 0. The fourth-order valence-electron chi connectivity index (χ4n) is 3.35. The highest BCUT2D eigenvalue weighted by atomic mass is 16.3. The Morgan fingerprint density at radius 3 is 2.59 bits per heavy atom. The second-order valence-corrected chi connectivity index (χ2v) is 7.41. The minimum Gasteiger partial charge on any atom is -0.396 e. The maximum Gasteiger partial charge on any atom is 0.220 e. The van der Waals surface area contributed by atoms with Crippen molar-refractivity contribution in [2.45, 2.75) is 33.1 Å². The van der Waals surface area contributed by atoms with E-state index in [0.29, 0.717) is 19.4 Å². The number of benzene rings is 2. The maximum atomic E-state index is 12.3. The number of aromatic nitrogens is 1. The molecule has 0 aliphatic rings. The standard InChI is InChI=1S/C23H28N2O2/c1-16-3-6-18(7-4-16)12-19(15-26)13-25-23(27)10-8-20-14-24-22-9-5-17(2)11-21(20)22/h3-7,9,11,14,19,24,26H,8,10,12-13,15H2,1-2H3,(H,25,27)/t19-/m1/s1. The number of hydrogen-bond acceptors (Lipinski definition) is 2. The molecule has 0 unspecified atom stereocenters. The number of aliphatic hydroxyl groups excluding tert-OH is 1. The van der Waals surface area contributed by atoms with E-state index in [4.69, 9.17) is 0 Å². The Morgan fingerprint density at radius 2 is 1.85 bits per heavy atom. The van der Waals surface area contributed by atoms with Gasteiger partial charge in [0, 0.05) is 42.6 Å². The van der Waals surface area contributed by atoms with Crippen LogP contribution in [0.4, 0.5) is 0 Å². The summed E-state index contributed by atoms with van der Waals surface area (Å²) in [6.45, 7) is 4.70. The monoisotopic (exact) mass is 364 g/mol. The molecule has 0 aliphatic heterocycles. The highest BCUT2D eigenvalue weighted by Gasteiger charge is 2.12. The molecule has 3 aromatic rings. The van der Waals surface area contributed by atoms with Gasteiger partial charge in [0.15, 0.2) is 0 Å². The van der Waals surface area contributed by atoms with Crippen LogP contribution in [0.25, 0.3) is 10.9 Å². The third-order valence-electron chi connectivity index (χ3n) is 5.04. The lowest BCUT2D eigenvalue weighted by Crippen LogP contribution is -2.32. The number of aliphatic hydroxyl groups is 1. The number of fused-ring (bicyclic) bond motifs is 1. The largest absolute Gasteiger partial charge is 0.396 e. The summed E-state index contributed by atoms with van der Waals surface area (Å²) in [5, 5.41) is 13.8. The lowest BCUT2D eigenvalue weighted by Gasteiger charge is -2.15. The van der Waals surface area contributed by atoms with Crippen LogP contribution in [-0.2, 0) is 17.6 Å². The molecule has 1 amide bonds. The van der Waals surface area contributed by atoms with E-state index in [1.165, 1.54) is 27.6 Å². The van der Waals surface area contributed by atoms with E-state index in [1.54, 1.807) is 0 Å². The van der Waals surface area contributed by atoms with E-state index in [2.05, 4.69) is 66.6 Å². The molecule has 4 nitrogen and oxygen atoms in total. The Morgan fingerprint density at radius 1 is 1.11 bits per heavy atom.